The van der Waals surface area contributed by atoms with Gasteiger partial charge in [0.1, 0.15) is 0 Å². The molecule has 0 atom stereocenters. The number of rotatable bonds is 3. The maximum absolute atomic E-state index is 13.4. The van der Waals surface area contributed by atoms with Gasteiger partial charge in [-0.05, 0) is 12.8 Å². The molecule has 0 radical (unpaired) electrons. The largest absolute Gasteiger partial charge is 0.487 e. The molecule has 1 N–H and O–H groups in total. The number of ether oxygens (including phenoxy) is 1. The second kappa shape index (κ2) is 3.20. The second-order valence-corrected chi connectivity index (χ2v) is 3.04. The van der Waals surface area contributed by atoms with Gasteiger partial charge in [0.2, 0.25) is 5.82 Å². The Morgan fingerprint density at radius 1 is 1.62 bits per heavy atom. The fourth-order valence-electron chi connectivity index (χ4n) is 1.06. The molecule has 13 heavy (non-hydrogen) atoms. The summed E-state index contributed by atoms with van der Waals surface area (Å²) in [5.74, 6) is 0.122. The molecule has 0 unspecified atom stereocenters. The maximum atomic E-state index is 13.4. The van der Waals surface area contributed by atoms with Gasteiger partial charge in [-0.3, -0.25) is 0 Å². The lowest BCUT2D eigenvalue weighted by atomic mass is 10.4. The van der Waals surface area contributed by atoms with Crippen LogP contribution >= 0.6 is 0 Å². The molecule has 3 nitrogen and oxygen atoms in total. The van der Waals surface area contributed by atoms with E-state index in [-0.39, 0.29) is 11.9 Å². The molecule has 0 bridgehead atoms. The minimum absolute atomic E-state index is 0.210. The van der Waals surface area contributed by atoms with E-state index in [0.717, 1.165) is 12.8 Å². The number of hydrogen-bond acceptors (Lipinski definition) is 3. The Hall–Kier alpha value is -1.32. The quantitative estimate of drug-likeness (QED) is 0.774. The third-order valence-corrected chi connectivity index (χ3v) is 1.91. The molecule has 1 saturated carbocycles. The highest BCUT2D eigenvalue weighted by atomic mass is 19.1. The maximum Gasteiger partial charge on any atom is 0.207 e. The summed E-state index contributed by atoms with van der Waals surface area (Å²) in [4.78, 5) is 3.82. The minimum Gasteiger partial charge on any atom is -0.487 e. The first-order valence-electron chi connectivity index (χ1n) is 4.30. The minimum atomic E-state index is -0.406. The van der Waals surface area contributed by atoms with Crippen LogP contribution in [0.4, 0.5) is 10.2 Å². The van der Waals surface area contributed by atoms with E-state index in [4.69, 9.17) is 4.74 Å². The molecule has 0 saturated heterocycles. The average molecular weight is 182 g/mol. The van der Waals surface area contributed by atoms with Crippen LogP contribution in [0.25, 0.3) is 0 Å². The molecular formula is C9H11FN2O. The van der Waals surface area contributed by atoms with Crippen LogP contribution in [0.5, 0.6) is 5.75 Å². The Balaban J connectivity index is 2.22. The van der Waals surface area contributed by atoms with Crippen molar-refractivity contribution in [1.82, 2.24) is 4.98 Å². The Morgan fingerprint density at radius 2 is 2.38 bits per heavy atom. The zero-order chi connectivity index (χ0) is 9.26. The van der Waals surface area contributed by atoms with Crippen molar-refractivity contribution in [1.29, 1.82) is 0 Å². The lowest BCUT2D eigenvalue weighted by Crippen LogP contribution is -2.02. The lowest BCUT2D eigenvalue weighted by molar-refractivity contribution is 0.287. The molecule has 1 aromatic rings. The van der Waals surface area contributed by atoms with Crippen LogP contribution in [0.15, 0.2) is 12.3 Å². The normalized spacial score (nSPS) is 15.5. The molecule has 0 aromatic carbocycles. The molecule has 0 aliphatic heterocycles. The Morgan fingerprint density at radius 3 is 3.00 bits per heavy atom. The predicted molar refractivity (Wildman–Crippen MR) is 47.4 cm³/mol. The van der Waals surface area contributed by atoms with Crippen molar-refractivity contribution in [2.24, 2.45) is 0 Å². The van der Waals surface area contributed by atoms with Crippen molar-refractivity contribution in [2.45, 2.75) is 18.9 Å². The van der Waals surface area contributed by atoms with Gasteiger partial charge in [-0.15, -0.1) is 0 Å². The number of pyridine rings is 1. The molecule has 0 spiro atoms. The molecule has 2 rings (SSSR count). The Bertz CT molecular complexity index is 312. The number of aromatic nitrogens is 1. The number of nitrogens with zero attached hydrogens (tertiary/aromatic N) is 1. The van der Waals surface area contributed by atoms with E-state index in [9.17, 15) is 4.39 Å². The summed E-state index contributed by atoms with van der Waals surface area (Å²) in [6.45, 7) is 0. The zero-order valence-corrected chi connectivity index (χ0v) is 7.38. The molecule has 1 aromatic heterocycles. The third-order valence-electron chi connectivity index (χ3n) is 1.91. The van der Waals surface area contributed by atoms with Crippen LogP contribution < -0.4 is 10.1 Å². The van der Waals surface area contributed by atoms with Gasteiger partial charge >= 0.3 is 0 Å². The molecule has 1 fully saturated rings. The highest BCUT2D eigenvalue weighted by molar-refractivity contribution is 5.42. The summed E-state index contributed by atoms with van der Waals surface area (Å²) in [5.41, 5.74) is 0. The van der Waals surface area contributed by atoms with Crippen LogP contribution in [0, 0.1) is 5.82 Å². The van der Waals surface area contributed by atoms with E-state index in [1.807, 2.05) is 0 Å². The molecule has 1 heterocycles. The van der Waals surface area contributed by atoms with Crippen LogP contribution in [0.3, 0.4) is 0 Å². The number of nitrogens with one attached hydrogen (secondary N) is 1. The summed E-state index contributed by atoms with van der Waals surface area (Å²) in [6, 6.07) is 1.55. The van der Waals surface area contributed by atoms with E-state index in [0.29, 0.717) is 5.75 Å². The van der Waals surface area contributed by atoms with Crippen molar-refractivity contribution in [3.8, 4) is 5.75 Å². The number of halogens is 1. The molecular weight excluding hydrogens is 171 g/mol. The van der Waals surface area contributed by atoms with Crippen LogP contribution in [-0.2, 0) is 0 Å². The summed E-state index contributed by atoms with van der Waals surface area (Å²) in [5, 5.41) is 2.66. The summed E-state index contributed by atoms with van der Waals surface area (Å²) >= 11 is 0. The fraction of sp³-hybridized carbons (Fsp3) is 0.444. The molecule has 1 aliphatic carbocycles. The van der Waals surface area contributed by atoms with E-state index < -0.39 is 5.82 Å². The van der Waals surface area contributed by atoms with E-state index in [1.54, 1.807) is 13.1 Å². The van der Waals surface area contributed by atoms with Crippen LogP contribution in [0.1, 0.15) is 12.8 Å². The Labute approximate surface area is 75.9 Å². The third kappa shape index (κ3) is 1.71. The highest BCUT2D eigenvalue weighted by Crippen LogP contribution is 2.29. The molecule has 70 valence electrons. The number of hydrogen-bond donors (Lipinski definition) is 1. The van der Waals surface area contributed by atoms with Crippen molar-refractivity contribution in [3.05, 3.63) is 18.1 Å². The fourth-order valence-corrected chi connectivity index (χ4v) is 1.06. The van der Waals surface area contributed by atoms with Gasteiger partial charge in [-0.1, -0.05) is 0 Å². The van der Waals surface area contributed by atoms with Gasteiger partial charge in [0, 0.05) is 19.3 Å². The van der Waals surface area contributed by atoms with Gasteiger partial charge in [0.15, 0.2) is 11.6 Å². The van der Waals surface area contributed by atoms with Crippen molar-refractivity contribution in [3.63, 3.8) is 0 Å². The first kappa shape index (κ1) is 8.29. The molecule has 0 amide bonds. The molecule has 1 aliphatic rings. The summed E-state index contributed by atoms with van der Waals surface area (Å²) < 4.78 is 18.8. The van der Waals surface area contributed by atoms with Crippen molar-refractivity contribution < 1.29 is 9.13 Å². The van der Waals surface area contributed by atoms with Crippen molar-refractivity contribution >= 4 is 5.82 Å². The summed E-state index contributed by atoms with van der Waals surface area (Å²) in [6.07, 6.45) is 3.79. The number of anilines is 1. The first-order chi connectivity index (χ1) is 6.31. The smallest absolute Gasteiger partial charge is 0.207 e. The highest BCUT2D eigenvalue weighted by Gasteiger charge is 2.25. The Kier molecular flexibility index (Phi) is 2.04. The van der Waals surface area contributed by atoms with Gasteiger partial charge in [-0.25, -0.2) is 4.98 Å². The predicted octanol–water partition coefficient (Wildman–Crippen LogP) is 1.80. The van der Waals surface area contributed by atoms with E-state index in [2.05, 4.69) is 10.3 Å². The average Bonchev–Trinajstić information content (AvgIpc) is 2.92. The SMILES string of the molecule is CNc1nccc(OC2CC2)c1F. The van der Waals surface area contributed by atoms with E-state index >= 15 is 0 Å². The molecule has 4 heteroatoms. The topological polar surface area (TPSA) is 34.2 Å². The monoisotopic (exact) mass is 182 g/mol. The zero-order valence-electron chi connectivity index (χ0n) is 7.38. The second-order valence-electron chi connectivity index (χ2n) is 3.04. The standard InChI is InChI=1S/C9H11FN2O/c1-11-9-8(10)7(4-5-12-9)13-6-2-3-6/h4-6H,2-3H2,1H3,(H,11,12). The first-order valence-corrected chi connectivity index (χ1v) is 4.30. The van der Waals surface area contributed by atoms with Gasteiger partial charge < -0.3 is 10.1 Å². The summed E-state index contributed by atoms with van der Waals surface area (Å²) in [7, 11) is 1.63. The van der Waals surface area contributed by atoms with Crippen LogP contribution in [-0.4, -0.2) is 18.1 Å². The van der Waals surface area contributed by atoms with Crippen LogP contribution in [0.2, 0.25) is 0 Å². The van der Waals surface area contributed by atoms with Gasteiger partial charge in [0.05, 0.1) is 6.10 Å². The lowest BCUT2D eigenvalue weighted by Gasteiger charge is -2.07. The van der Waals surface area contributed by atoms with Crippen molar-refractivity contribution in [2.75, 3.05) is 12.4 Å². The van der Waals surface area contributed by atoms with E-state index in [1.165, 1.54) is 6.20 Å². The van der Waals surface area contributed by atoms with Gasteiger partial charge in [-0.2, -0.15) is 4.39 Å². The van der Waals surface area contributed by atoms with Gasteiger partial charge in [0.25, 0.3) is 0 Å².